The van der Waals surface area contributed by atoms with E-state index in [2.05, 4.69) is 31.0 Å². The van der Waals surface area contributed by atoms with Crippen molar-refractivity contribution in [3.05, 3.63) is 64.0 Å². The quantitative estimate of drug-likeness (QED) is 0.717. The molecule has 0 unspecified atom stereocenters. The summed E-state index contributed by atoms with van der Waals surface area (Å²) in [6.07, 6.45) is 0. The molecule has 0 saturated heterocycles. The summed E-state index contributed by atoms with van der Waals surface area (Å²) in [6.45, 7) is 4.66. The molecular formula is C18H18N2OS. The Morgan fingerprint density at radius 1 is 1.09 bits per heavy atom. The first-order valence-electron chi connectivity index (χ1n) is 7.12. The summed E-state index contributed by atoms with van der Waals surface area (Å²) in [5.74, 6) is 0.879. The number of nitrogens with zero attached hydrogens (tertiary/aromatic N) is 1. The minimum absolute atomic E-state index is 0.482. The van der Waals surface area contributed by atoms with Crippen molar-refractivity contribution in [3.8, 4) is 17.0 Å². The molecule has 0 radical (unpaired) electrons. The van der Waals surface area contributed by atoms with Gasteiger partial charge in [-0.15, -0.1) is 11.3 Å². The third kappa shape index (κ3) is 3.28. The third-order valence-electron chi connectivity index (χ3n) is 3.57. The molecule has 3 aromatic rings. The summed E-state index contributed by atoms with van der Waals surface area (Å²) < 4.78 is 5.82. The third-order valence-corrected chi connectivity index (χ3v) is 4.40. The van der Waals surface area contributed by atoms with Crippen LogP contribution in [-0.4, -0.2) is 4.98 Å². The molecule has 0 aliphatic carbocycles. The van der Waals surface area contributed by atoms with Crippen LogP contribution in [0.5, 0.6) is 5.75 Å². The van der Waals surface area contributed by atoms with Crippen LogP contribution in [0.25, 0.3) is 11.3 Å². The van der Waals surface area contributed by atoms with E-state index in [4.69, 9.17) is 10.5 Å². The highest BCUT2D eigenvalue weighted by molar-refractivity contribution is 7.09. The Kier molecular flexibility index (Phi) is 4.11. The minimum atomic E-state index is 0.482. The van der Waals surface area contributed by atoms with E-state index in [1.54, 1.807) is 11.3 Å². The summed E-state index contributed by atoms with van der Waals surface area (Å²) in [5.41, 5.74) is 11.0. The lowest BCUT2D eigenvalue weighted by atomic mass is 10.1. The maximum atomic E-state index is 5.82. The van der Waals surface area contributed by atoms with Gasteiger partial charge in [-0.25, -0.2) is 4.98 Å². The predicted octanol–water partition coefficient (Wildman–Crippen LogP) is 4.59. The number of aryl methyl sites for hydroxylation is 2. The second-order valence-corrected chi connectivity index (χ2v) is 6.23. The van der Waals surface area contributed by atoms with E-state index in [0.717, 1.165) is 27.7 Å². The summed E-state index contributed by atoms with van der Waals surface area (Å²) in [6, 6.07) is 13.9. The van der Waals surface area contributed by atoms with Crippen LogP contribution < -0.4 is 10.5 Å². The Labute approximate surface area is 134 Å². The zero-order valence-electron chi connectivity index (χ0n) is 12.7. The van der Waals surface area contributed by atoms with Crippen molar-refractivity contribution in [3.63, 3.8) is 0 Å². The van der Waals surface area contributed by atoms with Crippen LogP contribution in [-0.2, 0) is 6.61 Å². The number of nitrogens with two attached hydrogens (primary N) is 1. The molecule has 0 aliphatic rings. The first-order valence-corrected chi connectivity index (χ1v) is 8.00. The highest BCUT2D eigenvalue weighted by Crippen LogP contribution is 2.24. The Morgan fingerprint density at radius 2 is 1.95 bits per heavy atom. The number of nitrogen functional groups attached to an aromatic ring is 1. The zero-order valence-corrected chi connectivity index (χ0v) is 13.5. The SMILES string of the molecule is Cc1ccc(OCc2nc(-c3cccc(N)c3)cs2)cc1C. The lowest BCUT2D eigenvalue weighted by Gasteiger charge is -2.06. The van der Waals surface area contributed by atoms with Gasteiger partial charge in [0, 0.05) is 16.6 Å². The molecule has 2 aromatic carbocycles. The van der Waals surface area contributed by atoms with E-state index in [9.17, 15) is 0 Å². The standard InChI is InChI=1S/C18H18N2OS/c1-12-6-7-16(8-13(12)2)21-10-18-20-17(11-22-18)14-4-3-5-15(19)9-14/h3-9,11H,10,19H2,1-2H3. The summed E-state index contributed by atoms with van der Waals surface area (Å²) in [7, 11) is 0. The summed E-state index contributed by atoms with van der Waals surface area (Å²) in [4.78, 5) is 4.61. The van der Waals surface area contributed by atoms with Crippen molar-refractivity contribution in [2.45, 2.75) is 20.5 Å². The number of aromatic nitrogens is 1. The van der Waals surface area contributed by atoms with Crippen molar-refractivity contribution in [2.24, 2.45) is 0 Å². The molecule has 0 amide bonds. The molecule has 0 fully saturated rings. The number of ether oxygens (including phenoxy) is 1. The lowest BCUT2D eigenvalue weighted by Crippen LogP contribution is -1.95. The van der Waals surface area contributed by atoms with Gasteiger partial charge in [0.1, 0.15) is 17.4 Å². The van der Waals surface area contributed by atoms with Gasteiger partial charge in [-0.2, -0.15) is 0 Å². The summed E-state index contributed by atoms with van der Waals surface area (Å²) >= 11 is 1.60. The van der Waals surface area contributed by atoms with Crippen molar-refractivity contribution in [1.29, 1.82) is 0 Å². The second-order valence-electron chi connectivity index (χ2n) is 5.29. The number of anilines is 1. The molecule has 3 nitrogen and oxygen atoms in total. The second kappa shape index (κ2) is 6.20. The van der Waals surface area contributed by atoms with Crippen LogP contribution in [0.2, 0.25) is 0 Å². The zero-order chi connectivity index (χ0) is 15.5. The summed E-state index contributed by atoms with van der Waals surface area (Å²) in [5, 5.41) is 2.99. The van der Waals surface area contributed by atoms with Gasteiger partial charge in [-0.05, 0) is 49.2 Å². The first-order chi connectivity index (χ1) is 10.6. The van der Waals surface area contributed by atoms with E-state index in [0.29, 0.717) is 6.61 Å². The fraction of sp³-hybridized carbons (Fsp3) is 0.167. The smallest absolute Gasteiger partial charge is 0.140 e. The highest BCUT2D eigenvalue weighted by atomic mass is 32.1. The average Bonchev–Trinajstić information content (AvgIpc) is 2.97. The molecule has 112 valence electrons. The van der Waals surface area contributed by atoms with E-state index >= 15 is 0 Å². The van der Waals surface area contributed by atoms with Crippen molar-refractivity contribution in [2.75, 3.05) is 5.73 Å². The highest BCUT2D eigenvalue weighted by Gasteiger charge is 2.06. The van der Waals surface area contributed by atoms with E-state index < -0.39 is 0 Å². The number of hydrogen-bond donors (Lipinski definition) is 1. The van der Waals surface area contributed by atoms with E-state index in [1.165, 1.54) is 11.1 Å². The molecule has 1 heterocycles. The van der Waals surface area contributed by atoms with E-state index in [-0.39, 0.29) is 0 Å². The topological polar surface area (TPSA) is 48.1 Å². The fourth-order valence-corrected chi connectivity index (χ4v) is 2.87. The fourth-order valence-electron chi connectivity index (χ4n) is 2.16. The molecule has 0 spiro atoms. The van der Waals surface area contributed by atoms with Gasteiger partial charge in [-0.1, -0.05) is 18.2 Å². The van der Waals surface area contributed by atoms with Crippen LogP contribution >= 0.6 is 11.3 Å². The number of thiazole rings is 1. The molecule has 22 heavy (non-hydrogen) atoms. The molecule has 4 heteroatoms. The maximum Gasteiger partial charge on any atom is 0.140 e. The molecule has 3 rings (SSSR count). The lowest BCUT2D eigenvalue weighted by molar-refractivity contribution is 0.305. The Morgan fingerprint density at radius 3 is 2.73 bits per heavy atom. The molecule has 2 N–H and O–H groups in total. The van der Waals surface area contributed by atoms with Gasteiger partial charge < -0.3 is 10.5 Å². The van der Waals surface area contributed by atoms with Crippen LogP contribution in [0.4, 0.5) is 5.69 Å². The monoisotopic (exact) mass is 310 g/mol. The van der Waals surface area contributed by atoms with Gasteiger partial charge in [-0.3, -0.25) is 0 Å². The van der Waals surface area contributed by atoms with Crippen molar-refractivity contribution >= 4 is 17.0 Å². The number of rotatable bonds is 4. The normalized spacial score (nSPS) is 10.6. The predicted molar refractivity (Wildman–Crippen MR) is 92.2 cm³/mol. The first kappa shape index (κ1) is 14.6. The average molecular weight is 310 g/mol. The largest absolute Gasteiger partial charge is 0.486 e. The Balaban J connectivity index is 1.70. The van der Waals surface area contributed by atoms with Crippen LogP contribution in [0.1, 0.15) is 16.1 Å². The Bertz CT molecular complexity index is 795. The molecule has 0 saturated carbocycles. The van der Waals surface area contributed by atoms with Gasteiger partial charge in [0.25, 0.3) is 0 Å². The van der Waals surface area contributed by atoms with Crippen LogP contribution in [0.3, 0.4) is 0 Å². The number of hydrogen-bond acceptors (Lipinski definition) is 4. The van der Waals surface area contributed by atoms with Gasteiger partial charge in [0.15, 0.2) is 0 Å². The van der Waals surface area contributed by atoms with Gasteiger partial charge in [0.05, 0.1) is 5.69 Å². The van der Waals surface area contributed by atoms with Crippen molar-refractivity contribution in [1.82, 2.24) is 4.98 Å². The maximum absolute atomic E-state index is 5.82. The van der Waals surface area contributed by atoms with Crippen molar-refractivity contribution < 1.29 is 4.74 Å². The Hall–Kier alpha value is -2.33. The molecule has 0 bridgehead atoms. The molecular weight excluding hydrogens is 292 g/mol. The molecule has 0 atom stereocenters. The van der Waals surface area contributed by atoms with Crippen LogP contribution in [0.15, 0.2) is 47.8 Å². The minimum Gasteiger partial charge on any atom is -0.486 e. The van der Waals surface area contributed by atoms with Gasteiger partial charge >= 0.3 is 0 Å². The molecule has 0 aliphatic heterocycles. The number of benzene rings is 2. The van der Waals surface area contributed by atoms with Gasteiger partial charge in [0.2, 0.25) is 0 Å². The van der Waals surface area contributed by atoms with Crippen LogP contribution in [0, 0.1) is 13.8 Å². The van der Waals surface area contributed by atoms with E-state index in [1.807, 2.05) is 35.7 Å². The molecule has 1 aromatic heterocycles.